The molecular weight excluding hydrogens is 215 g/mol. The van der Waals surface area contributed by atoms with Gasteiger partial charge >= 0.3 is 0 Å². The first-order chi connectivity index (χ1) is 7.89. The smallest absolute Gasteiger partial charge is 0.165 e. The number of rotatable bonds is 5. The van der Waals surface area contributed by atoms with E-state index >= 15 is 0 Å². The lowest BCUT2D eigenvalue weighted by molar-refractivity contribution is 0.0994. The Hall–Kier alpha value is -1.05. The molecule has 0 saturated heterocycles. The molecule has 0 heterocycles. The third-order valence-corrected chi connectivity index (χ3v) is 3.38. The van der Waals surface area contributed by atoms with E-state index in [0.717, 1.165) is 18.4 Å². The number of benzene rings is 1. The van der Waals surface area contributed by atoms with Gasteiger partial charge in [0.05, 0.1) is 0 Å². The minimum Gasteiger partial charge on any atom is -0.485 e. The van der Waals surface area contributed by atoms with Gasteiger partial charge in [0.25, 0.3) is 0 Å². The van der Waals surface area contributed by atoms with Gasteiger partial charge in [-0.3, -0.25) is 0 Å². The van der Waals surface area contributed by atoms with Crippen LogP contribution >= 0.6 is 0 Å². The molecule has 96 valence electrons. The Balaban J connectivity index is 2.90. The predicted octanol–water partition coefficient (Wildman–Crippen LogP) is 4.91. The molecule has 0 spiro atoms. The largest absolute Gasteiger partial charge is 0.485 e. The van der Waals surface area contributed by atoms with Crippen LogP contribution in [0.2, 0.25) is 0 Å². The van der Waals surface area contributed by atoms with Crippen molar-refractivity contribution in [2.24, 2.45) is 0 Å². The van der Waals surface area contributed by atoms with Crippen LogP contribution in [0.4, 0.5) is 4.39 Å². The first-order valence-electron chi connectivity index (χ1n) is 6.38. The van der Waals surface area contributed by atoms with E-state index in [9.17, 15) is 4.39 Å². The fraction of sp³-hybridized carbons (Fsp3) is 0.600. The molecule has 1 rings (SSSR count). The minimum absolute atomic E-state index is 0.260. The highest BCUT2D eigenvalue weighted by atomic mass is 19.1. The van der Waals surface area contributed by atoms with Gasteiger partial charge in [-0.25, -0.2) is 4.39 Å². The van der Waals surface area contributed by atoms with Crippen molar-refractivity contribution in [2.45, 2.75) is 59.0 Å². The summed E-state index contributed by atoms with van der Waals surface area (Å²) in [6.07, 6.45) is 1.86. The Labute approximate surface area is 104 Å². The minimum atomic E-state index is -0.321. The highest BCUT2D eigenvalue weighted by Crippen LogP contribution is 2.28. The zero-order valence-corrected chi connectivity index (χ0v) is 11.5. The topological polar surface area (TPSA) is 9.23 Å². The van der Waals surface area contributed by atoms with E-state index in [1.165, 1.54) is 0 Å². The lowest BCUT2D eigenvalue weighted by Gasteiger charge is -2.25. The van der Waals surface area contributed by atoms with Crippen molar-refractivity contribution >= 4 is 0 Å². The van der Waals surface area contributed by atoms with E-state index in [2.05, 4.69) is 13.8 Å². The third kappa shape index (κ3) is 3.72. The molecule has 0 aromatic heterocycles. The van der Waals surface area contributed by atoms with Crippen LogP contribution in [0, 0.1) is 5.82 Å². The molecule has 1 atom stereocenters. The molecule has 0 aliphatic rings. The molecule has 0 aliphatic heterocycles. The summed E-state index contributed by atoms with van der Waals surface area (Å²) >= 11 is 0. The zero-order chi connectivity index (χ0) is 13.1. The third-order valence-electron chi connectivity index (χ3n) is 3.38. The van der Waals surface area contributed by atoms with Crippen molar-refractivity contribution in [3.63, 3.8) is 0 Å². The molecule has 0 N–H and O–H groups in total. The van der Waals surface area contributed by atoms with Gasteiger partial charge in [0.2, 0.25) is 0 Å². The quantitative estimate of drug-likeness (QED) is 0.708. The Morgan fingerprint density at radius 1 is 1.29 bits per heavy atom. The fourth-order valence-corrected chi connectivity index (χ4v) is 1.51. The lowest BCUT2D eigenvalue weighted by Crippen LogP contribution is -2.27. The molecule has 0 bridgehead atoms. The second-order valence-electron chi connectivity index (χ2n) is 5.21. The van der Waals surface area contributed by atoms with E-state index in [4.69, 9.17) is 4.74 Å². The highest BCUT2D eigenvalue weighted by molar-refractivity contribution is 5.31. The van der Waals surface area contributed by atoms with E-state index in [1.54, 1.807) is 12.1 Å². The molecular formula is C15H23FO. The van der Waals surface area contributed by atoms with Gasteiger partial charge in [-0.05, 0) is 50.3 Å². The van der Waals surface area contributed by atoms with Crippen LogP contribution in [0.25, 0.3) is 0 Å². The van der Waals surface area contributed by atoms with Crippen LogP contribution in [-0.2, 0) is 0 Å². The molecule has 1 aromatic carbocycles. The standard InChI is InChI=1S/C15H23FO/c1-6-11(3)12-8-9-14(13(16)10-12)17-15(4,5)7-2/h8-11H,6-7H2,1-5H3. The van der Waals surface area contributed by atoms with Crippen LogP contribution in [-0.4, -0.2) is 5.60 Å². The second kappa shape index (κ2) is 5.52. The van der Waals surface area contributed by atoms with Gasteiger partial charge in [0.1, 0.15) is 5.60 Å². The van der Waals surface area contributed by atoms with Crippen molar-refractivity contribution in [1.82, 2.24) is 0 Å². The SMILES string of the molecule is CCC(C)c1ccc(OC(C)(C)CC)c(F)c1. The molecule has 1 nitrogen and oxygen atoms in total. The van der Waals surface area contributed by atoms with Gasteiger partial charge < -0.3 is 4.74 Å². The number of hydrogen-bond acceptors (Lipinski definition) is 1. The van der Waals surface area contributed by atoms with Crippen LogP contribution in [0.15, 0.2) is 18.2 Å². The second-order valence-corrected chi connectivity index (χ2v) is 5.21. The van der Waals surface area contributed by atoms with Crippen LogP contribution in [0.3, 0.4) is 0 Å². The van der Waals surface area contributed by atoms with Crippen molar-refractivity contribution in [1.29, 1.82) is 0 Å². The van der Waals surface area contributed by atoms with Gasteiger partial charge in [-0.15, -0.1) is 0 Å². The summed E-state index contributed by atoms with van der Waals surface area (Å²) in [5, 5.41) is 0. The van der Waals surface area contributed by atoms with Crippen LogP contribution in [0.5, 0.6) is 5.75 Å². The summed E-state index contributed by atoms with van der Waals surface area (Å²) < 4.78 is 19.6. The molecule has 2 heteroatoms. The van der Waals surface area contributed by atoms with Gasteiger partial charge in [-0.1, -0.05) is 26.8 Å². The monoisotopic (exact) mass is 238 g/mol. The first-order valence-corrected chi connectivity index (χ1v) is 6.38. The zero-order valence-electron chi connectivity index (χ0n) is 11.5. The average Bonchev–Trinajstić information content (AvgIpc) is 2.30. The lowest BCUT2D eigenvalue weighted by atomic mass is 9.98. The normalized spacial score (nSPS) is 13.5. The van der Waals surface area contributed by atoms with Gasteiger partial charge in [0.15, 0.2) is 11.6 Å². The maximum absolute atomic E-state index is 13.9. The Bertz CT molecular complexity index is 371. The van der Waals surface area contributed by atoms with Crippen LogP contribution < -0.4 is 4.74 Å². The van der Waals surface area contributed by atoms with E-state index < -0.39 is 0 Å². The summed E-state index contributed by atoms with van der Waals surface area (Å²) in [6.45, 7) is 10.2. The predicted molar refractivity (Wildman–Crippen MR) is 70.1 cm³/mol. The molecule has 0 amide bonds. The summed E-state index contributed by atoms with van der Waals surface area (Å²) in [6, 6.07) is 5.29. The fourth-order valence-electron chi connectivity index (χ4n) is 1.51. The van der Waals surface area contributed by atoms with Crippen LogP contribution in [0.1, 0.15) is 58.9 Å². The van der Waals surface area contributed by atoms with E-state index in [1.807, 2.05) is 26.8 Å². The summed E-state index contributed by atoms with van der Waals surface area (Å²) in [5.41, 5.74) is 0.713. The maximum Gasteiger partial charge on any atom is 0.165 e. The van der Waals surface area contributed by atoms with Gasteiger partial charge in [-0.2, -0.15) is 0 Å². The summed E-state index contributed by atoms with van der Waals surface area (Å²) in [7, 11) is 0. The van der Waals surface area contributed by atoms with E-state index in [-0.39, 0.29) is 11.4 Å². The van der Waals surface area contributed by atoms with E-state index in [0.29, 0.717) is 11.7 Å². The maximum atomic E-state index is 13.9. The molecule has 1 aromatic rings. The molecule has 17 heavy (non-hydrogen) atoms. The summed E-state index contributed by atoms with van der Waals surface area (Å²) in [4.78, 5) is 0. The van der Waals surface area contributed by atoms with Crippen molar-refractivity contribution < 1.29 is 9.13 Å². The highest BCUT2D eigenvalue weighted by Gasteiger charge is 2.19. The Morgan fingerprint density at radius 3 is 2.41 bits per heavy atom. The van der Waals surface area contributed by atoms with Crippen molar-refractivity contribution in [3.05, 3.63) is 29.6 Å². The molecule has 0 aliphatic carbocycles. The molecule has 0 saturated carbocycles. The summed E-state index contributed by atoms with van der Waals surface area (Å²) in [5.74, 6) is 0.478. The van der Waals surface area contributed by atoms with Gasteiger partial charge in [0, 0.05) is 0 Å². The molecule has 0 fully saturated rings. The van der Waals surface area contributed by atoms with Crippen molar-refractivity contribution in [3.8, 4) is 5.75 Å². The molecule has 0 radical (unpaired) electrons. The Kier molecular flexibility index (Phi) is 4.55. The number of hydrogen-bond donors (Lipinski definition) is 0. The van der Waals surface area contributed by atoms with Crippen molar-refractivity contribution in [2.75, 3.05) is 0 Å². The molecule has 1 unspecified atom stereocenters. The number of halogens is 1. The number of ether oxygens (including phenoxy) is 1. The average molecular weight is 238 g/mol. The Morgan fingerprint density at radius 2 is 1.94 bits per heavy atom. The first kappa shape index (κ1) is 14.0.